The van der Waals surface area contributed by atoms with Gasteiger partial charge in [0.1, 0.15) is 0 Å². The van der Waals surface area contributed by atoms with E-state index in [2.05, 4.69) is 48.8 Å². The summed E-state index contributed by atoms with van der Waals surface area (Å²) in [6.07, 6.45) is 10.7. The van der Waals surface area contributed by atoms with Crippen molar-refractivity contribution in [1.82, 2.24) is 9.88 Å². The summed E-state index contributed by atoms with van der Waals surface area (Å²) >= 11 is 1.71. The fourth-order valence-electron chi connectivity index (χ4n) is 3.39. The molecule has 0 aliphatic heterocycles. The molecule has 0 aliphatic rings. The molecular formula is C23H38N4S. The van der Waals surface area contributed by atoms with Crippen molar-refractivity contribution in [3.63, 3.8) is 0 Å². The van der Waals surface area contributed by atoms with Gasteiger partial charge in [0.15, 0.2) is 11.1 Å². The number of thiazole rings is 1. The minimum Gasteiger partial charge on any atom is -0.343 e. The average Bonchev–Trinajstić information content (AvgIpc) is 3.13. The molecule has 4 nitrogen and oxygen atoms in total. The second kappa shape index (κ2) is 12.8. The molecule has 0 amide bonds. The fourth-order valence-corrected chi connectivity index (χ4v) is 4.38. The van der Waals surface area contributed by atoms with Crippen LogP contribution in [0.5, 0.6) is 0 Å². The number of anilines is 1. The number of aromatic nitrogens is 1. The summed E-state index contributed by atoms with van der Waals surface area (Å²) in [7, 11) is 0. The van der Waals surface area contributed by atoms with Gasteiger partial charge in [0.05, 0.1) is 10.2 Å². The number of hydrogen-bond donors (Lipinski definition) is 1. The molecule has 156 valence electrons. The Bertz CT molecular complexity index is 654. The molecule has 28 heavy (non-hydrogen) atoms. The lowest BCUT2D eigenvalue weighted by Crippen LogP contribution is -2.45. The highest BCUT2D eigenvalue weighted by Crippen LogP contribution is 2.29. The lowest BCUT2D eigenvalue weighted by molar-refractivity contribution is 0.380. The van der Waals surface area contributed by atoms with E-state index in [1.807, 2.05) is 6.07 Å². The molecule has 1 heterocycles. The van der Waals surface area contributed by atoms with Gasteiger partial charge in [0, 0.05) is 19.6 Å². The van der Waals surface area contributed by atoms with E-state index < -0.39 is 0 Å². The number of nitrogens with zero attached hydrogens (tertiary/aromatic N) is 3. The monoisotopic (exact) mass is 402 g/mol. The first-order valence-corrected chi connectivity index (χ1v) is 12.0. The minimum absolute atomic E-state index is 0.641. The zero-order valence-electron chi connectivity index (χ0n) is 18.0. The largest absolute Gasteiger partial charge is 0.343 e. The Kier molecular flexibility index (Phi) is 10.3. The summed E-state index contributed by atoms with van der Waals surface area (Å²) in [6.45, 7) is 9.55. The lowest BCUT2D eigenvalue weighted by Gasteiger charge is -2.32. The number of benzene rings is 1. The SMILES string of the molecule is CCCCCN(CCCCC)C(=N)N(CCCCC)c1nc2ccccc2s1. The van der Waals surface area contributed by atoms with Gasteiger partial charge >= 0.3 is 0 Å². The third-order valence-electron chi connectivity index (χ3n) is 5.12. The Labute approximate surface area is 175 Å². The highest BCUT2D eigenvalue weighted by molar-refractivity contribution is 7.22. The summed E-state index contributed by atoms with van der Waals surface area (Å²) in [5.74, 6) is 0.641. The molecule has 1 N–H and O–H groups in total. The summed E-state index contributed by atoms with van der Waals surface area (Å²) in [5, 5.41) is 10.0. The molecule has 0 fully saturated rings. The van der Waals surface area contributed by atoms with E-state index >= 15 is 0 Å². The first-order valence-electron chi connectivity index (χ1n) is 11.2. The number of nitrogens with one attached hydrogen (secondary N) is 1. The quantitative estimate of drug-likeness (QED) is 0.225. The van der Waals surface area contributed by atoms with Gasteiger partial charge in [0.2, 0.25) is 0 Å². The summed E-state index contributed by atoms with van der Waals surface area (Å²) < 4.78 is 1.20. The first-order chi connectivity index (χ1) is 13.7. The van der Waals surface area contributed by atoms with Crippen LogP contribution < -0.4 is 4.90 Å². The maximum Gasteiger partial charge on any atom is 0.200 e. The van der Waals surface area contributed by atoms with E-state index in [4.69, 9.17) is 10.4 Å². The predicted molar refractivity (Wildman–Crippen MR) is 125 cm³/mol. The fraction of sp³-hybridized carbons (Fsp3) is 0.652. The van der Waals surface area contributed by atoms with Crippen molar-refractivity contribution < 1.29 is 0 Å². The van der Waals surface area contributed by atoms with Crippen LogP contribution >= 0.6 is 11.3 Å². The summed E-state index contributed by atoms with van der Waals surface area (Å²) in [6, 6.07) is 8.31. The minimum atomic E-state index is 0.641. The second-order valence-corrected chi connectivity index (χ2v) is 8.56. The van der Waals surface area contributed by atoms with Crippen LogP contribution in [0, 0.1) is 5.41 Å². The summed E-state index contributed by atoms with van der Waals surface area (Å²) in [4.78, 5) is 9.32. The Hall–Kier alpha value is -1.62. The number of hydrogen-bond acceptors (Lipinski definition) is 3. The van der Waals surface area contributed by atoms with Crippen molar-refractivity contribution in [3.8, 4) is 0 Å². The molecule has 0 atom stereocenters. The van der Waals surface area contributed by atoms with Crippen LogP contribution in [0.2, 0.25) is 0 Å². The lowest BCUT2D eigenvalue weighted by atomic mass is 10.2. The van der Waals surface area contributed by atoms with Crippen molar-refractivity contribution in [3.05, 3.63) is 24.3 Å². The van der Waals surface area contributed by atoms with Crippen molar-refractivity contribution in [2.45, 2.75) is 78.6 Å². The predicted octanol–water partition coefficient (Wildman–Crippen LogP) is 6.91. The standard InChI is InChI=1S/C23H38N4S/c1-4-7-12-17-26(18-13-8-5-2)22(24)27(19-14-9-6-3)23-25-20-15-10-11-16-21(20)28-23/h10-11,15-16,24H,4-9,12-14,17-19H2,1-3H3. The van der Waals surface area contributed by atoms with E-state index in [0.29, 0.717) is 5.96 Å². The topological polar surface area (TPSA) is 43.2 Å². The maximum atomic E-state index is 9.04. The zero-order chi connectivity index (χ0) is 20.2. The van der Waals surface area contributed by atoms with Gasteiger partial charge in [-0.15, -0.1) is 0 Å². The van der Waals surface area contributed by atoms with Crippen molar-refractivity contribution >= 4 is 32.6 Å². The molecule has 5 heteroatoms. The van der Waals surface area contributed by atoms with Crippen molar-refractivity contribution in [2.75, 3.05) is 24.5 Å². The van der Waals surface area contributed by atoms with Crippen LogP contribution in [-0.2, 0) is 0 Å². The Morgan fingerprint density at radius 1 is 0.857 bits per heavy atom. The highest BCUT2D eigenvalue weighted by Gasteiger charge is 2.21. The third kappa shape index (κ3) is 6.77. The number of rotatable bonds is 13. The van der Waals surface area contributed by atoms with Gasteiger partial charge in [-0.05, 0) is 31.4 Å². The molecule has 0 saturated heterocycles. The van der Waals surface area contributed by atoms with Crippen LogP contribution in [0.4, 0.5) is 5.13 Å². The average molecular weight is 403 g/mol. The smallest absolute Gasteiger partial charge is 0.200 e. The zero-order valence-corrected chi connectivity index (χ0v) is 18.9. The van der Waals surface area contributed by atoms with Crippen LogP contribution in [0.3, 0.4) is 0 Å². The molecule has 1 aromatic heterocycles. The molecule has 0 spiro atoms. The molecular weight excluding hydrogens is 364 g/mol. The number of para-hydroxylation sites is 1. The molecule has 1 aromatic carbocycles. The van der Waals surface area contributed by atoms with Crippen molar-refractivity contribution in [2.24, 2.45) is 0 Å². The van der Waals surface area contributed by atoms with Crippen LogP contribution in [0.1, 0.15) is 78.6 Å². The van der Waals surface area contributed by atoms with Gasteiger partial charge in [0.25, 0.3) is 0 Å². The van der Waals surface area contributed by atoms with E-state index in [9.17, 15) is 0 Å². The number of guanidine groups is 1. The van der Waals surface area contributed by atoms with Crippen LogP contribution in [-0.4, -0.2) is 35.5 Å². The third-order valence-corrected chi connectivity index (χ3v) is 6.18. The van der Waals surface area contributed by atoms with E-state index in [-0.39, 0.29) is 0 Å². The van der Waals surface area contributed by atoms with Gasteiger partial charge in [-0.1, -0.05) is 82.8 Å². The number of unbranched alkanes of at least 4 members (excludes halogenated alkanes) is 6. The second-order valence-electron chi connectivity index (χ2n) is 7.55. The molecule has 2 rings (SSSR count). The van der Waals surface area contributed by atoms with Crippen LogP contribution in [0.25, 0.3) is 10.2 Å². The van der Waals surface area contributed by atoms with Crippen LogP contribution in [0.15, 0.2) is 24.3 Å². The molecule has 0 bridgehead atoms. The molecule has 0 unspecified atom stereocenters. The molecule has 0 radical (unpaired) electrons. The van der Waals surface area contributed by atoms with E-state index in [1.54, 1.807) is 11.3 Å². The normalized spacial score (nSPS) is 11.1. The number of fused-ring (bicyclic) bond motifs is 1. The van der Waals surface area contributed by atoms with Gasteiger partial charge < -0.3 is 4.90 Å². The highest BCUT2D eigenvalue weighted by atomic mass is 32.1. The molecule has 0 aliphatic carbocycles. The summed E-state index contributed by atoms with van der Waals surface area (Å²) in [5.41, 5.74) is 1.04. The molecule has 0 saturated carbocycles. The van der Waals surface area contributed by atoms with Gasteiger partial charge in [-0.2, -0.15) is 0 Å². The van der Waals surface area contributed by atoms with E-state index in [1.165, 1.54) is 43.2 Å². The maximum absolute atomic E-state index is 9.04. The first kappa shape index (κ1) is 22.7. The van der Waals surface area contributed by atoms with Gasteiger partial charge in [-0.25, -0.2) is 4.98 Å². The Morgan fingerprint density at radius 2 is 1.43 bits per heavy atom. The molecule has 2 aromatic rings. The Balaban J connectivity index is 2.20. The van der Waals surface area contributed by atoms with E-state index in [0.717, 1.165) is 49.5 Å². The Morgan fingerprint density at radius 3 is 2.00 bits per heavy atom. The van der Waals surface area contributed by atoms with Gasteiger partial charge in [-0.3, -0.25) is 10.3 Å². The van der Waals surface area contributed by atoms with Crippen molar-refractivity contribution in [1.29, 1.82) is 5.41 Å².